The van der Waals surface area contributed by atoms with E-state index < -0.39 is 0 Å². The minimum absolute atomic E-state index is 0.144. The highest BCUT2D eigenvalue weighted by Gasteiger charge is 2.23. The van der Waals surface area contributed by atoms with Crippen molar-refractivity contribution in [1.82, 2.24) is 0 Å². The van der Waals surface area contributed by atoms with Crippen LogP contribution in [0.2, 0.25) is 0 Å². The van der Waals surface area contributed by atoms with Crippen LogP contribution >= 0.6 is 0 Å². The molecule has 0 radical (unpaired) electrons. The van der Waals surface area contributed by atoms with Crippen molar-refractivity contribution in [3.05, 3.63) is 59.7 Å². The Morgan fingerprint density at radius 2 is 0.695 bits per heavy atom. The smallest absolute Gasteiger partial charge is 0.305 e. The predicted molar refractivity (Wildman–Crippen MR) is 247 cm³/mol. The number of aromatic hydroxyl groups is 2. The van der Waals surface area contributed by atoms with Crippen LogP contribution in [-0.4, -0.2) is 35.4 Å². The Hall–Kier alpha value is -3.02. The molecule has 0 aliphatic rings. The molecule has 2 rings (SSSR count). The molecule has 6 heteroatoms. The van der Waals surface area contributed by atoms with Gasteiger partial charge < -0.3 is 19.7 Å². The lowest BCUT2D eigenvalue weighted by atomic mass is 9.90. The maximum Gasteiger partial charge on any atom is 0.305 e. The number of carbonyl (C=O) groups excluding carboxylic acids is 2. The molecule has 0 aliphatic carbocycles. The average molecular weight is 821 g/mol. The van der Waals surface area contributed by atoms with Gasteiger partial charge in [0, 0.05) is 18.3 Å². The van der Waals surface area contributed by atoms with Crippen molar-refractivity contribution < 1.29 is 29.3 Å². The van der Waals surface area contributed by atoms with Gasteiger partial charge in [0.25, 0.3) is 0 Å². The largest absolute Gasteiger partial charge is 0.508 e. The Morgan fingerprint density at radius 3 is 0.966 bits per heavy atom. The normalized spacial score (nSPS) is 12.7. The number of benzene rings is 2. The van der Waals surface area contributed by atoms with Crippen LogP contribution < -0.4 is 0 Å². The first-order valence-corrected chi connectivity index (χ1v) is 24.5. The standard InChI is InChI=1S/C53H88O6/c1-5-45(47-35-39-49(54)40-36-47)31-27-23-19-15-11-7-9-13-17-21-25-29-33-51(56)58-43-53(3,4)44-59-52(57)34-30-26-22-18-14-10-8-12-16-20-24-28-32-46(6-2)48-37-41-50(55)42-38-48/h35-42,45-46,54-55H,5-34,43-44H2,1-4H3. The van der Waals surface area contributed by atoms with Crippen LogP contribution in [0.5, 0.6) is 11.5 Å². The second kappa shape index (κ2) is 33.7. The number of phenolic OH excluding ortho intramolecular Hbond substituents is 2. The van der Waals surface area contributed by atoms with Gasteiger partial charge in [-0.15, -0.1) is 0 Å². The van der Waals surface area contributed by atoms with Gasteiger partial charge in [-0.05, 0) is 85.8 Å². The molecule has 2 atom stereocenters. The maximum atomic E-state index is 12.3. The molecule has 6 nitrogen and oxygen atoms in total. The van der Waals surface area contributed by atoms with Crippen molar-refractivity contribution in [3.63, 3.8) is 0 Å². The number of hydrogen-bond donors (Lipinski definition) is 2. The van der Waals surface area contributed by atoms with E-state index in [1.165, 1.54) is 152 Å². The van der Waals surface area contributed by atoms with Crippen molar-refractivity contribution in [2.75, 3.05) is 13.2 Å². The molecule has 0 heterocycles. The first-order valence-electron chi connectivity index (χ1n) is 24.5. The summed E-state index contributed by atoms with van der Waals surface area (Å²) in [6.07, 6.45) is 35.6. The van der Waals surface area contributed by atoms with E-state index in [9.17, 15) is 19.8 Å². The average Bonchev–Trinajstić information content (AvgIpc) is 3.23. The minimum Gasteiger partial charge on any atom is -0.508 e. The van der Waals surface area contributed by atoms with Crippen LogP contribution in [0, 0.1) is 5.41 Å². The van der Waals surface area contributed by atoms with E-state index in [-0.39, 0.29) is 30.6 Å². The van der Waals surface area contributed by atoms with Gasteiger partial charge in [-0.3, -0.25) is 9.59 Å². The van der Waals surface area contributed by atoms with Crippen molar-refractivity contribution in [1.29, 1.82) is 0 Å². The van der Waals surface area contributed by atoms with E-state index in [4.69, 9.17) is 9.47 Å². The van der Waals surface area contributed by atoms with E-state index >= 15 is 0 Å². The number of phenols is 2. The van der Waals surface area contributed by atoms with Crippen LogP contribution in [-0.2, 0) is 19.1 Å². The molecule has 2 N–H and O–H groups in total. The lowest BCUT2D eigenvalue weighted by Gasteiger charge is -2.23. The maximum absolute atomic E-state index is 12.3. The fourth-order valence-electron chi connectivity index (χ4n) is 8.30. The van der Waals surface area contributed by atoms with Crippen molar-refractivity contribution in [2.45, 2.75) is 232 Å². The highest BCUT2D eigenvalue weighted by molar-refractivity contribution is 5.69. The Bertz CT molecular complexity index is 1200. The molecule has 0 saturated heterocycles. The molecule has 2 aromatic rings. The summed E-state index contributed by atoms with van der Waals surface area (Å²) in [6.45, 7) is 9.05. The number of ether oxygens (including phenoxy) is 2. The zero-order valence-corrected chi connectivity index (χ0v) is 38.4. The van der Waals surface area contributed by atoms with Gasteiger partial charge in [-0.2, -0.15) is 0 Å². The number of rotatable bonds is 38. The number of carbonyl (C=O) groups is 2. The van der Waals surface area contributed by atoms with Gasteiger partial charge in [-0.1, -0.05) is 193 Å². The molecule has 0 aromatic heterocycles. The van der Waals surface area contributed by atoms with E-state index in [1.807, 2.05) is 13.8 Å². The SMILES string of the molecule is CCC(CCCCCCCCCCCCCCC(=O)OCC(C)(C)COC(=O)CCCCCCCCCCCCCCC(CC)c1ccc(O)cc1)c1ccc(O)cc1. The van der Waals surface area contributed by atoms with Crippen LogP contribution in [0.4, 0.5) is 0 Å². The monoisotopic (exact) mass is 821 g/mol. The Kier molecular flexibility index (Phi) is 29.7. The van der Waals surface area contributed by atoms with Crippen LogP contribution in [0.3, 0.4) is 0 Å². The highest BCUT2D eigenvalue weighted by atomic mass is 16.5. The van der Waals surface area contributed by atoms with Crippen molar-refractivity contribution in [2.24, 2.45) is 5.41 Å². The van der Waals surface area contributed by atoms with E-state index in [0.717, 1.165) is 38.5 Å². The van der Waals surface area contributed by atoms with Gasteiger partial charge in [0.2, 0.25) is 0 Å². The zero-order valence-electron chi connectivity index (χ0n) is 38.4. The molecule has 0 aliphatic heterocycles. The van der Waals surface area contributed by atoms with Crippen LogP contribution in [0.1, 0.15) is 243 Å². The quantitative estimate of drug-likeness (QED) is 0.0518. The Labute approximate surface area is 362 Å². The van der Waals surface area contributed by atoms with Crippen LogP contribution in [0.25, 0.3) is 0 Å². The molecular formula is C53H88O6. The first-order chi connectivity index (χ1) is 28.6. The third kappa shape index (κ3) is 27.4. The molecular weight excluding hydrogens is 733 g/mol. The van der Waals surface area contributed by atoms with E-state index in [0.29, 0.717) is 36.2 Å². The second-order valence-corrected chi connectivity index (χ2v) is 18.4. The summed E-state index contributed by atoms with van der Waals surface area (Å²) in [5, 5.41) is 19.1. The Morgan fingerprint density at radius 1 is 0.441 bits per heavy atom. The van der Waals surface area contributed by atoms with Crippen molar-refractivity contribution >= 4 is 11.9 Å². The van der Waals surface area contributed by atoms with Gasteiger partial charge in [-0.25, -0.2) is 0 Å². The van der Waals surface area contributed by atoms with E-state index in [1.54, 1.807) is 24.3 Å². The summed E-state index contributed by atoms with van der Waals surface area (Å²) in [5.41, 5.74) is 2.32. The first kappa shape index (κ1) is 52.1. The van der Waals surface area contributed by atoms with Gasteiger partial charge in [0.1, 0.15) is 11.5 Å². The summed E-state index contributed by atoms with van der Waals surface area (Å²) >= 11 is 0. The third-order valence-corrected chi connectivity index (χ3v) is 12.3. The topological polar surface area (TPSA) is 93.1 Å². The summed E-state index contributed by atoms with van der Waals surface area (Å²) in [4.78, 5) is 24.7. The molecule has 0 amide bonds. The number of unbranched alkanes of at least 4 members (excludes halogenated alkanes) is 22. The fourth-order valence-corrected chi connectivity index (χ4v) is 8.30. The van der Waals surface area contributed by atoms with Crippen LogP contribution in [0.15, 0.2) is 48.5 Å². The lowest BCUT2D eigenvalue weighted by molar-refractivity contribution is -0.152. The minimum atomic E-state index is -0.384. The second-order valence-electron chi connectivity index (χ2n) is 18.4. The molecule has 59 heavy (non-hydrogen) atoms. The molecule has 2 aromatic carbocycles. The summed E-state index contributed by atoms with van der Waals surface area (Å²) < 4.78 is 11.1. The van der Waals surface area contributed by atoms with Gasteiger partial charge in [0.05, 0.1) is 13.2 Å². The third-order valence-electron chi connectivity index (χ3n) is 12.3. The Balaban J connectivity index is 1.30. The molecule has 2 unspecified atom stereocenters. The summed E-state index contributed by atoms with van der Waals surface area (Å²) in [5.74, 6) is 1.62. The zero-order chi connectivity index (χ0) is 42.8. The summed E-state index contributed by atoms with van der Waals surface area (Å²) in [7, 11) is 0. The van der Waals surface area contributed by atoms with Crippen molar-refractivity contribution in [3.8, 4) is 11.5 Å². The van der Waals surface area contributed by atoms with Gasteiger partial charge in [0.15, 0.2) is 0 Å². The molecule has 0 spiro atoms. The number of esters is 2. The van der Waals surface area contributed by atoms with Gasteiger partial charge >= 0.3 is 11.9 Å². The van der Waals surface area contributed by atoms with E-state index in [2.05, 4.69) is 38.1 Å². The lowest BCUT2D eigenvalue weighted by Crippen LogP contribution is -2.28. The highest BCUT2D eigenvalue weighted by Crippen LogP contribution is 2.29. The molecule has 0 saturated carbocycles. The molecule has 336 valence electrons. The predicted octanol–water partition coefficient (Wildman–Crippen LogP) is 15.8. The fraction of sp³-hybridized carbons (Fsp3) is 0.736. The summed E-state index contributed by atoms with van der Waals surface area (Å²) in [6, 6.07) is 15.5. The number of hydrogen-bond acceptors (Lipinski definition) is 6. The molecule has 0 fully saturated rings. The molecule has 0 bridgehead atoms.